The van der Waals surface area contributed by atoms with Crippen LogP contribution in [0, 0.1) is 0 Å². The van der Waals surface area contributed by atoms with Crippen LogP contribution in [0.5, 0.6) is 0 Å². The van der Waals surface area contributed by atoms with Crippen LogP contribution in [0.15, 0.2) is 18.3 Å². The summed E-state index contributed by atoms with van der Waals surface area (Å²) in [6, 6.07) is 3.24. The fraction of sp³-hybridized carbons (Fsp3) is 0.538. The molecule has 0 saturated carbocycles. The molecule has 1 atom stereocenters. The normalized spacial score (nSPS) is 12.2. The highest BCUT2D eigenvalue weighted by molar-refractivity contribution is 5.92. The fourth-order valence-corrected chi connectivity index (χ4v) is 1.72. The summed E-state index contributed by atoms with van der Waals surface area (Å²) < 4.78 is 10.1. The summed E-state index contributed by atoms with van der Waals surface area (Å²) in [4.78, 5) is 18.1. The second-order valence-corrected chi connectivity index (χ2v) is 4.27. The minimum atomic E-state index is -0.151. The predicted octanol–water partition coefficient (Wildman–Crippen LogP) is 0.787. The molecule has 6 nitrogen and oxygen atoms in total. The van der Waals surface area contributed by atoms with Crippen LogP contribution in [-0.2, 0) is 9.47 Å². The maximum absolute atomic E-state index is 12.4. The molecule has 106 valence electrons. The summed E-state index contributed by atoms with van der Waals surface area (Å²) >= 11 is 0. The van der Waals surface area contributed by atoms with Crippen molar-refractivity contribution in [3.63, 3.8) is 0 Å². The molecule has 0 bridgehead atoms. The summed E-state index contributed by atoms with van der Waals surface area (Å²) in [6.45, 7) is 3.35. The van der Waals surface area contributed by atoms with Gasteiger partial charge >= 0.3 is 0 Å². The van der Waals surface area contributed by atoms with E-state index in [0.717, 1.165) is 0 Å². The number of amides is 1. The van der Waals surface area contributed by atoms with Gasteiger partial charge < -0.3 is 20.1 Å². The molecule has 1 heterocycles. The third kappa shape index (κ3) is 4.50. The Labute approximate surface area is 113 Å². The number of hydrogen-bond acceptors (Lipinski definition) is 5. The zero-order valence-electron chi connectivity index (χ0n) is 11.6. The fourth-order valence-electron chi connectivity index (χ4n) is 1.72. The van der Waals surface area contributed by atoms with Gasteiger partial charge in [0.25, 0.3) is 5.91 Å². The topological polar surface area (TPSA) is 77.7 Å². The molecular formula is C13H21N3O3. The SMILES string of the molecule is COCCN(C(=O)c1ccc(N)cn1)C(C)COC. The molecule has 0 radical (unpaired) electrons. The number of pyridine rings is 1. The Bertz CT molecular complexity index is 395. The van der Waals surface area contributed by atoms with Gasteiger partial charge in [0.2, 0.25) is 0 Å². The molecule has 1 rings (SSSR count). The quantitative estimate of drug-likeness (QED) is 0.790. The van der Waals surface area contributed by atoms with E-state index in [9.17, 15) is 4.79 Å². The van der Waals surface area contributed by atoms with E-state index in [1.807, 2.05) is 6.92 Å². The molecule has 6 heteroatoms. The van der Waals surface area contributed by atoms with Gasteiger partial charge in [-0.2, -0.15) is 0 Å². The van der Waals surface area contributed by atoms with Crippen molar-refractivity contribution in [2.45, 2.75) is 13.0 Å². The van der Waals surface area contributed by atoms with E-state index in [-0.39, 0.29) is 11.9 Å². The van der Waals surface area contributed by atoms with Crippen molar-refractivity contribution in [3.05, 3.63) is 24.0 Å². The van der Waals surface area contributed by atoms with Crippen molar-refractivity contribution in [1.82, 2.24) is 9.88 Å². The average molecular weight is 267 g/mol. The molecule has 2 N–H and O–H groups in total. The van der Waals surface area contributed by atoms with Gasteiger partial charge in [-0.1, -0.05) is 0 Å². The van der Waals surface area contributed by atoms with E-state index in [2.05, 4.69) is 4.98 Å². The number of nitrogens with two attached hydrogens (primary N) is 1. The second kappa shape index (κ2) is 7.70. The first-order valence-corrected chi connectivity index (χ1v) is 6.10. The molecule has 0 aliphatic carbocycles. The zero-order valence-corrected chi connectivity index (χ0v) is 11.6. The van der Waals surface area contributed by atoms with Gasteiger partial charge in [0, 0.05) is 20.8 Å². The van der Waals surface area contributed by atoms with Crippen LogP contribution in [0.1, 0.15) is 17.4 Å². The first-order chi connectivity index (χ1) is 9.10. The summed E-state index contributed by atoms with van der Waals surface area (Å²) in [7, 11) is 3.21. The lowest BCUT2D eigenvalue weighted by atomic mass is 10.2. The number of ether oxygens (including phenoxy) is 2. The van der Waals surface area contributed by atoms with Crippen LogP contribution in [0.4, 0.5) is 5.69 Å². The monoisotopic (exact) mass is 267 g/mol. The van der Waals surface area contributed by atoms with Gasteiger partial charge in [-0.15, -0.1) is 0 Å². The Morgan fingerprint density at radius 3 is 2.68 bits per heavy atom. The third-order valence-corrected chi connectivity index (χ3v) is 2.74. The van der Waals surface area contributed by atoms with Crippen LogP contribution in [0.3, 0.4) is 0 Å². The summed E-state index contributed by atoms with van der Waals surface area (Å²) in [6.07, 6.45) is 1.47. The van der Waals surface area contributed by atoms with Crippen molar-refractivity contribution in [2.75, 3.05) is 39.7 Å². The van der Waals surface area contributed by atoms with Crippen LogP contribution >= 0.6 is 0 Å². The number of hydrogen-bond donors (Lipinski definition) is 1. The van der Waals surface area contributed by atoms with Crippen molar-refractivity contribution in [1.29, 1.82) is 0 Å². The van der Waals surface area contributed by atoms with Gasteiger partial charge in [-0.05, 0) is 19.1 Å². The van der Waals surface area contributed by atoms with Crippen molar-refractivity contribution in [2.24, 2.45) is 0 Å². The summed E-state index contributed by atoms with van der Waals surface area (Å²) in [5, 5.41) is 0. The molecule has 1 aromatic rings. The van der Waals surface area contributed by atoms with Gasteiger partial charge in [0.15, 0.2) is 0 Å². The van der Waals surface area contributed by atoms with E-state index in [0.29, 0.717) is 31.1 Å². The Hall–Kier alpha value is -1.66. The van der Waals surface area contributed by atoms with E-state index in [4.69, 9.17) is 15.2 Å². The Kier molecular flexibility index (Phi) is 6.24. The van der Waals surface area contributed by atoms with Gasteiger partial charge in [0.1, 0.15) is 5.69 Å². The Balaban J connectivity index is 2.83. The van der Waals surface area contributed by atoms with Crippen molar-refractivity contribution in [3.8, 4) is 0 Å². The van der Waals surface area contributed by atoms with Gasteiger partial charge in [-0.3, -0.25) is 4.79 Å². The van der Waals surface area contributed by atoms with Crippen LogP contribution < -0.4 is 5.73 Å². The highest BCUT2D eigenvalue weighted by Crippen LogP contribution is 2.09. The first-order valence-electron chi connectivity index (χ1n) is 6.10. The molecular weight excluding hydrogens is 246 g/mol. The Morgan fingerprint density at radius 2 is 2.16 bits per heavy atom. The van der Waals surface area contributed by atoms with E-state index in [1.165, 1.54) is 6.20 Å². The molecule has 0 saturated heterocycles. The minimum absolute atomic E-state index is 0.0491. The Morgan fingerprint density at radius 1 is 1.42 bits per heavy atom. The smallest absolute Gasteiger partial charge is 0.272 e. The van der Waals surface area contributed by atoms with E-state index >= 15 is 0 Å². The molecule has 0 fully saturated rings. The maximum Gasteiger partial charge on any atom is 0.272 e. The summed E-state index contributed by atoms with van der Waals surface area (Å²) in [5.74, 6) is -0.151. The second-order valence-electron chi connectivity index (χ2n) is 4.27. The van der Waals surface area contributed by atoms with Gasteiger partial charge in [-0.25, -0.2) is 4.98 Å². The summed E-state index contributed by atoms with van der Waals surface area (Å²) in [5.41, 5.74) is 6.46. The van der Waals surface area contributed by atoms with Crippen molar-refractivity contribution < 1.29 is 14.3 Å². The molecule has 0 aliphatic rings. The van der Waals surface area contributed by atoms with E-state index < -0.39 is 0 Å². The third-order valence-electron chi connectivity index (χ3n) is 2.74. The lowest BCUT2D eigenvalue weighted by Gasteiger charge is -2.28. The molecule has 19 heavy (non-hydrogen) atoms. The molecule has 1 unspecified atom stereocenters. The number of carbonyl (C=O) groups is 1. The van der Waals surface area contributed by atoms with E-state index in [1.54, 1.807) is 31.3 Å². The highest BCUT2D eigenvalue weighted by Gasteiger charge is 2.22. The minimum Gasteiger partial charge on any atom is -0.397 e. The number of aromatic nitrogens is 1. The molecule has 1 amide bonds. The maximum atomic E-state index is 12.4. The lowest BCUT2D eigenvalue weighted by Crippen LogP contribution is -2.43. The number of nitrogen functional groups attached to an aromatic ring is 1. The van der Waals surface area contributed by atoms with Gasteiger partial charge in [0.05, 0.1) is 31.1 Å². The largest absolute Gasteiger partial charge is 0.397 e. The van der Waals surface area contributed by atoms with Crippen molar-refractivity contribution >= 4 is 11.6 Å². The van der Waals surface area contributed by atoms with Crippen LogP contribution in [0.25, 0.3) is 0 Å². The lowest BCUT2D eigenvalue weighted by molar-refractivity contribution is 0.0474. The first kappa shape index (κ1) is 15.4. The highest BCUT2D eigenvalue weighted by atomic mass is 16.5. The number of nitrogens with zero attached hydrogens (tertiary/aromatic N) is 2. The number of carbonyl (C=O) groups excluding carboxylic acids is 1. The standard InChI is InChI=1S/C13H21N3O3/c1-10(9-19-3)16(6-7-18-2)13(17)12-5-4-11(14)8-15-12/h4-5,8,10H,6-7,9,14H2,1-3H3. The van der Waals surface area contributed by atoms with Crippen LogP contribution in [0.2, 0.25) is 0 Å². The predicted molar refractivity (Wildman–Crippen MR) is 72.9 cm³/mol. The molecule has 0 spiro atoms. The molecule has 1 aromatic heterocycles. The number of anilines is 1. The number of rotatable bonds is 7. The van der Waals surface area contributed by atoms with Crippen LogP contribution in [-0.4, -0.2) is 55.8 Å². The molecule has 0 aliphatic heterocycles. The number of methoxy groups -OCH3 is 2. The average Bonchev–Trinajstić information content (AvgIpc) is 2.40. The zero-order chi connectivity index (χ0) is 14.3. The molecule has 0 aromatic carbocycles.